The van der Waals surface area contributed by atoms with Gasteiger partial charge in [-0.25, -0.2) is 0 Å². The molecule has 19 heavy (non-hydrogen) atoms. The molecule has 0 bridgehead atoms. The molecule has 2 fully saturated rings. The molecule has 110 valence electrons. The van der Waals surface area contributed by atoms with E-state index >= 15 is 0 Å². The van der Waals surface area contributed by atoms with Crippen molar-refractivity contribution < 1.29 is 4.79 Å². The topological polar surface area (TPSA) is 55.1 Å². The molecule has 2 rings (SSSR count). The molecule has 0 aromatic rings. The molecule has 0 aromatic carbocycles. The van der Waals surface area contributed by atoms with Gasteiger partial charge in [0, 0.05) is 12.5 Å². The summed E-state index contributed by atoms with van der Waals surface area (Å²) in [6, 6.07) is 0. The first-order valence-electron chi connectivity index (χ1n) is 7.93. The molecule has 1 amide bonds. The molecule has 3 N–H and O–H groups in total. The standard InChI is InChI=1S/C16H30N2O/c1-12-7-4-5-10-16(12,11-17)18-14(19)13-8-6-9-15(13,2)3/h12-13H,4-11,17H2,1-3H3,(H,18,19). The summed E-state index contributed by atoms with van der Waals surface area (Å²) in [6.07, 6.45) is 8.07. The molecule has 2 saturated carbocycles. The fourth-order valence-electron chi connectivity index (χ4n) is 4.10. The van der Waals surface area contributed by atoms with Crippen molar-refractivity contribution in [3.8, 4) is 0 Å². The molecule has 3 atom stereocenters. The molecule has 0 aromatic heterocycles. The second-order valence-corrected chi connectivity index (χ2v) is 7.43. The quantitative estimate of drug-likeness (QED) is 0.825. The number of carbonyl (C=O) groups is 1. The molecule has 0 spiro atoms. The van der Waals surface area contributed by atoms with Crippen LogP contribution in [0.3, 0.4) is 0 Å². The van der Waals surface area contributed by atoms with Gasteiger partial charge in [-0.15, -0.1) is 0 Å². The summed E-state index contributed by atoms with van der Waals surface area (Å²) in [5.41, 5.74) is 6.03. The second-order valence-electron chi connectivity index (χ2n) is 7.43. The zero-order chi connectivity index (χ0) is 14.1. The van der Waals surface area contributed by atoms with Gasteiger partial charge < -0.3 is 11.1 Å². The predicted molar refractivity (Wildman–Crippen MR) is 78.7 cm³/mol. The number of hydrogen-bond donors (Lipinski definition) is 2. The molecule has 0 aliphatic heterocycles. The van der Waals surface area contributed by atoms with Crippen molar-refractivity contribution >= 4 is 5.91 Å². The van der Waals surface area contributed by atoms with Gasteiger partial charge in [0.05, 0.1) is 5.54 Å². The van der Waals surface area contributed by atoms with E-state index in [0.29, 0.717) is 12.5 Å². The summed E-state index contributed by atoms with van der Waals surface area (Å²) in [7, 11) is 0. The van der Waals surface area contributed by atoms with Crippen molar-refractivity contribution in [2.24, 2.45) is 23.0 Å². The van der Waals surface area contributed by atoms with Gasteiger partial charge >= 0.3 is 0 Å². The largest absolute Gasteiger partial charge is 0.349 e. The van der Waals surface area contributed by atoms with Crippen LogP contribution in [-0.4, -0.2) is 18.0 Å². The first-order chi connectivity index (χ1) is 8.91. The van der Waals surface area contributed by atoms with E-state index in [0.717, 1.165) is 19.3 Å². The maximum atomic E-state index is 12.7. The Labute approximate surface area is 117 Å². The Bertz CT molecular complexity index is 340. The highest BCUT2D eigenvalue weighted by molar-refractivity contribution is 5.80. The second kappa shape index (κ2) is 5.43. The van der Waals surface area contributed by atoms with E-state index in [1.807, 2.05) is 0 Å². The molecule has 0 radical (unpaired) electrons. The van der Waals surface area contributed by atoms with Crippen LogP contribution in [0.2, 0.25) is 0 Å². The van der Waals surface area contributed by atoms with Gasteiger partial charge in [0.25, 0.3) is 0 Å². The van der Waals surface area contributed by atoms with Crippen molar-refractivity contribution in [2.75, 3.05) is 6.54 Å². The summed E-state index contributed by atoms with van der Waals surface area (Å²) >= 11 is 0. The van der Waals surface area contributed by atoms with Crippen molar-refractivity contribution in [2.45, 2.75) is 71.3 Å². The van der Waals surface area contributed by atoms with Crippen molar-refractivity contribution in [1.29, 1.82) is 0 Å². The van der Waals surface area contributed by atoms with Gasteiger partial charge in [0.2, 0.25) is 5.91 Å². The minimum atomic E-state index is -0.145. The van der Waals surface area contributed by atoms with Crippen LogP contribution >= 0.6 is 0 Å². The summed E-state index contributed by atoms with van der Waals surface area (Å²) < 4.78 is 0. The Morgan fingerprint density at radius 1 is 1.21 bits per heavy atom. The third-order valence-electron chi connectivity index (χ3n) is 5.76. The SMILES string of the molecule is CC1CCCCC1(CN)NC(=O)C1CCCC1(C)C. The fraction of sp³-hybridized carbons (Fsp3) is 0.938. The van der Waals surface area contributed by atoms with Crippen LogP contribution in [0.5, 0.6) is 0 Å². The minimum absolute atomic E-state index is 0.145. The maximum Gasteiger partial charge on any atom is 0.224 e. The Morgan fingerprint density at radius 2 is 1.95 bits per heavy atom. The average molecular weight is 266 g/mol. The van der Waals surface area contributed by atoms with E-state index in [1.54, 1.807) is 0 Å². The van der Waals surface area contributed by atoms with Gasteiger partial charge in [0.1, 0.15) is 0 Å². The molecule has 0 saturated heterocycles. The maximum absolute atomic E-state index is 12.7. The lowest BCUT2D eigenvalue weighted by Crippen LogP contribution is -2.60. The summed E-state index contributed by atoms with van der Waals surface area (Å²) in [4.78, 5) is 12.7. The predicted octanol–water partition coefficient (Wildman–Crippen LogP) is 2.84. The Kier molecular flexibility index (Phi) is 4.24. The highest BCUT2D eigenvalue weighted by atomic mass is 16.2. The van der Waals surface area contributed by atoms with Gasteiger partial charge in [-0.05, 0) is 37.0 Å². The van der Waals surface area contributed by atoms with Crippen molar-refractivity contribution in [3.05, 3.63) is 0 Å². The highest BCUT2D eigenvalue weighted by Crippen LogP contribution is 2.43. The van der Waals surface area contributed by atoms with Crippen molar-refractivity contribution in [1.82, 2.24) is 5.32 Å². The van der Waals surface area contributed by atoms with Crippen LogP contribution in [0, 0.1) is 17.3 Å². The lowest BCUT2D eigenvalue weighted by Gasteiger charge is -2.44. The van der Waals surface area contributed by atoms with E-state index in [-0.39, 0.29) is 22.8 Å². The van der Waals surface area contributed by atoms with Crippen LogP contribution in [0.1, 0.15) is 65.7 Å². The molecule has 3 unspecified atom stereocenters. The number of amides is 1. The Balaban J connectivity index is 2.08. The zero-order valence-electron chi connectivity index (χ0n) is 12.8. The first kappa shape index (κ1) is 14.8. The average Bonchev–Trinajstić information content (AvgIpc) is 2.72. The third kappa shape index (κ3) is 2.81. The normalized spacial score (nSPS) is 38.1. The van der Waals surface area contributed by atoms with E-state index in [2.05, 4.69) is 26.1 Å². The van der Waals surface area contributed by atoms with Gasteiger partial charge in [-0.2, -0.15) is 0 Å². The van der Waals surface area contributed by atoms with E-state index in [4.69, 9.17) is 5.73 Å². The number of nitrogens with one attached hydrogen (secondary N) is 1. The molecular formula is C16H30N2O. The summed E-state index contributed by atoms with van der Waals surface area (Å²) in [5, 5.41) is 3.37. The molecule has 3 heteroatoms. The third-order valence-corrected chi connectivity index (χ3v) is 5.76. The molecule has 2 aliphatic rings. The Hall–Kier alpha value is -0.570. The first-order valence-corrected chi connectivity index (χ1v) is 7.93. The number of rotatable bonds is 3. The minimum Gasteiger partial charge on any atom is -0.349 e. The van der Waals surface area contributed by atoms with E-state index < -0.39 is 0 Å². The number of hydrogen-bond acceptors (Lipinski definition) is 2. The van der Waals surface area contributed by atoms with Crippen LogP contribution in [-0.2, 0) is 4.79 Å². The molecule has 2 aliphatic carbocycles. The highest BCUT2D eigenvalue weighted by Gasteiger charge is 2.44. The van der Waals surface area contributed by atoms with Crippen molar-refractivity contribution in [3.63, 3.8) is 0 Å². The molecule has 3 nitrogen and oxygen atoms in total. The number of nitrogens with two attached hydrogens (primary N) is 1. The van der Waals surface area contributed by atoms with Gasteiger partial charge in [0.15, 0.2) is 0 Å². The fourth-order valence-corrected chi connectivity index (χ4v) is 4.10. The summed E-state index contributed by atoms with van der Waals surface area (Å²) in [6.45, 7) is 7.27. The Morgan fingerprint density at radius 3 is 2.47 bits per heavy atom. The smallest absolute Gasteiger partial charge is 0.224 e. The lowest BCUT2D eigenvalue weighted by atomic mass is 9.72. The monoisotopic (exact) mass is 266 g/mol. The van der Waals surface area contributed by atoms with Gasteiger partial charge in [-0.1, -0.05) is 40.0 Å². The lowest BCUT2D eigenvalue weighted by molar-refractivity contribution is -0.130. The van der Waals surface area contributed by atoms with Crippen LogP contribution in [0.25, 0.3) is 0 Å². The van der Waals surface area contributed by atoms with E-state index in [9.17, 15) is 4.79 Å². The summed E-state index contributed by atoms with van der Waals surface area (Å²) in [5.74, 6) is 0.923. The van der Waals surface area contributed by atoms with Crippen LogP contribution < -0.4 is 11.1 Å². The molecule has 0 heterocycles. The molecular weight excluding hydrogens is 236 g/mol. The van der Waals surface area contributed by atoms with Crippen LogP contribution in [0.15, 0.2) is 0 Å². The number of carbonyl (C=O) groups excluding carboxylic acids is 1. The zero-order valence-corrected chi connectivity index (χ0v) is 12.8. The van der Waals surface area contributed by atoms with Gasteiger partial charge in [-0.3, -0.25) is 4.79 Å². The van der Waals surface area contributed by atoms with E-state index in [1.165, 1.54) is 25.7 Å². The van der Waals surface area contributed by atoms with Crippen LogP contribution in [0.4, 0.5) is 0 Å².